The minimum absolute atomic E-state index is 0.0784. The van der Waals surface area contributed by atoms with E-state index in [2.05, 4.69) is 20.0 Å². The second-order valence-electron chi connectivity index (χ2n) is 9.36. The lowest BCUT2D eigenvalue weighted by Gasteiger charge is -2.16. The van der Waals surface area contributed by atoms with Crippen LogP contribution in [0.2, 0.25) is 5.02 Å². The first-order valence-corrected chi connectivity index (χ1v) is 14.4. The molecule has 3 aromatic carbocycles. The molecule has 0 aliphatic carbocycles. The number of aromatic nitrogens is 1. The third-order valence-electron chi connectivity index (χ3n) is 6.04. The van der Waals surface area contributed by atoms with E-state index in [-0.39, 0.29) is 33.4 Å². The molecule has 0 bridgehead atoms. The molecule has 0 spiro atoms. The molecule has 2 N–H and O–H groups in total. The van der Waals surface area contributed by atoms with Gasteiger partial charge in [0, 0.05) is 31.4 Å². The van der Waals surface area contributed by atoms with Gasteiger partial charge in [0.2, 0.25) is 0 Å². The van der Waals surface area contributed by atoms with Gasteiger partial charge >= 0.3 is 0 Å². The zero-order chi connectivity index (χ0) is 30.4. The van der Waals surface area contributed by atoms with Gasteiger partial charge in [-0.15, -0.1) is 4.40 Å². The van der Waals surface area contributed by atoms with Crippen LogP contribution < -0.4 is 15.4 Å². The van der Waals surface area contributed by atoms with Gasteiger partial charge in [-0.25, -0.2) is 4.98 Å². The van der Waals surface area contributed by atoms with Gasteiger partial charge < -0.3 is 20.3 Å². The number of benzene rings is 3. The van der Waals surface area contributed by atoms with Crippen molar-refractivity contribution in [3.8, 4) is 5.75 Å². The predicted molar refractivity (Wildman–Crippen MR) is 163 cm³/mol. The van der Waals surface area contributed by atoms with Crippen molar-refractivity contribution in [2.45, 2.75) is 11.8 Å². The largest absolute Gasteiger partial charge is 0.497 e. The van der Waals surface area contributed by atoms with E-state index in [1.165, 1.54) is 31.5 Å². The number of amides is 2. The molecule has 10 nitrogen and oxygen atoms in total. The summed E-state index contributed by atoms with van der Waals surface area (Å²) in [7, 11) is 0.856. The molecule has 4 rings (SSSR count). The summed E-state index contributed by atoms with van der Waals surface area (Å²) in [6, 6.07) is 20.5. The van der Waals surface area contributed by atoms with Gasteiger partial charge in [-0.05, 0) is 61.5 Å². The molecule has 12 heteroatoms. The van der Waals surface area contributed by atoms with E-state index < -0.39 is 21.8 Å². The summed E-state index contributed by atoms with van der Waals surface area (Å²) in [5.41, 5.74) is 2.10. The molecule has 42 heavy (non-hydrogen) atoms. The number of hydrogen-bond donors (Lipinski definition) is 2. The van der Waals surface area contributed by atoms with Crippen LogP contribution in [0, 0.1) is 6.92 Å². The lowest BCUT2D eigenvalue weighted by molar-refractivity contribution is 0.102. The quantitative estimate of drug-likeness (QED) is 0.207. The molecule has 0 aliphatic heterocycles. The number of sulfonamides is 1. The first-order valence-electron chi connectivity index (χ1n) is 12.6. The summed E-state index contributed by atoms with van der Waals surface area (Å²) in [6.07, 6.45) is 1.40. The number of nitrogens with one attached hydrogen (secondary N) is 2. The second-order valence-corrected chi connectivity index (χ2v) is 11.4. The van der Waals surface area contributed by atoms with Crippen molar-refractivity contribution in [1.29, 1.82) is 0 Å². The summed E-state index contributed by atoms with van der Waals surface area (Å²) in [4.78, 5) is 32.0. The zero-order valence-corrected chi connectivity index (χ0v) is 24.8. The van der Waals surface area contributed by atoms with Crippen molar-refractivity contribution in [2.75, 3.05) is 31.8 Å². The molecule has 2 amide bonds. The summed E-state index contributed by atoms with van der Waals surface area (Å²) in [5.74, 6) is -0.102. The van der Waals surface area contributed by atoms with Crippen LogP contribution in [-0.4, -0.2) is 57.2 Å². The molecular weight excluding hydrogens is 578 g/mol. The minimum Gasteiger partial charge on any atom is -0.497 e. The van der Waals surface area contributed by atoms with E-state index in [1.807, 2.05) is 6.92 Å². The van der Waals surface area contributed by atoms with Crippen LogP contribution >= 0.6 is 11.6 Å². The highest BCUT2D eigenvalue weighted by Gasteiger charge is 2.19. The van der Waals surface area contributed by atoms with Crippen molar-refractivity contribution in [3.05, 3.63) is 112 Å². The van der Waals surface area contributed by atoms with Crippen LogP contribution in [0.3, 0.4) is 0 Å². The van der Waals surface area contributed by atoms with E-state index >= 15 is 0 Å². The topological polar surface area (TPSA) is 130 Å². The Balaban J connectivity index is 1.57. The van der Waals surface area contributed by atoms with Crippen LogP contribution in [0.4, 0.5) is 11.5 Å². The van der Waals surface area contributed by atoms with E-state index in [0.717, 1.165) is 5.56 Å². The summed E-state index contributed by atoms with van der Waals surface area (Å²) in [5, 5.41) is 5.85. The Labute approximate surface area is 249 Å². The Hall–Kier alpha value is -4.74. The van der Waals surface area contributed by atoms with Crippen LogP contribution in [0.15, 0.2) is 94.4 Å². The SMILES string of the molecule is COc1ccc(NC(=O)c2ccc(/C(=N\S(=O)(=O)c3ccc(C)cc3)N(C)C)cc2)c(C(=O)Nc2ccc(Cl)cn2)c1. The lowest BCUT2D eigenvalue weighted by atomic mass is 10.1. The lowest BCUT2D eigenvalue weighted by Crippen LogP contribution is -2.25. The van der Waals surface area contributed by atoms with Crippen molar-refractivity contribution in [3.63, 3.8) is 0 Å². The van der Waals surface area contributed by atoms with E-state index in [9.17, 15) is 18.0 Å². The molecule has 0 saturated heterocycles. The van der Waals surface area contributed by atoms with Crippen molar-refractivity contribution in [1.82, 2.24) is 9.88 Å². The number of amidine groups is 1. The maximum absolute atomic E-state index is 13.2. The number of ether oxygens (including phenoxy) is 1. The van der Waals surface area contributed by atoms with Gasteiger partial charge in [0.25, 0.3) is 21.8 Å². The van der Waals surface area contributed by atoms with Crippen LogP contribution in [0.1, 0.15) is 31.8 Å². The molecule has 216 valence electrons. The van der Waals surface area contributed by atoms with Gasteiger partial charge in [-0.1, -0.05) is 41.4 Å². The fourth-order valence-corrected chi connectivity index (χ4v) is 5.01. The third kappa shape index (κ3) is 7.31. The number of carbonyl (C=O) groups is 2. The fourth-order valence-electron chi connectivity index (χ4n) is 3.82. The molecule has 0 saturated carbocycles. The molecule has 0 radical (unpaired) electrons. The van der Waals surface area contributed by atoms with Gasteiger partial charge in [0.1, 0.15) is 17.4 Å². The standard InChI is InChI=1S/C30H28ClN5O5S/c1-19-5-13-24(14-6-19)42(39,40)35-28(36(2)3)20-7-9-21(10-8-20)29(37)33-26-15-12-23(41-4)17-25(26)30(38)34-27-16-11-22(31)18-32-27/h5-18H,1-4H3,(H,33,37)(H,32,34,38)/b35-28+. The Kier molecular flexibility index (Phi) is 9.24. The molecule has 0 fully saturated rings. The highest BCUT2D eigenvalue weighted by atomic mass is 35.5. The fraction of sp³-hybridized carbons (Fsp3) is 0.133. The maximum Gasteiger partial charge on any atom is 0.284 e. The summed E-state index contributed by atoms with van der Waals surface area (Å²) < 4.78 is 35.2. The van der Waals surface area contributed by atoms with Crippen LogP contribution in [-0.2, 0) is 10.0 Å². The molecule has 1 aromatic heterocycles. The van der Waals surface area contributed by atoms with Gasteiger partial charge in [0.05, 0.1) is 28.3 Å². The van der Waals surface area contributed by atoms with Gasteiger partial charge in [-0.3, -0.25) is 9.59 Å². The molecule has 1 heterocycles. The van der Waals surface area contributed by atoms with E-state index in [1.54, 1.807) is 79.7 Å². The van der Waals surface area contributed by atoms with Crippen molar-refractivity contribution < 1.29 is 22.7 Å². The smallest absolute Gasteiger partial charge is 0.284 e. The Morgan fingerprint density at radius 2 is 1.55 bits per heavy atom. The number of nitrogens with zero attached hydrogens (tertiary/aromatic N) is 3. The highest BCUT2D eigenvalue weighted by Crippen LogP contribution is 2.24. The average molecular weight is 606 g/mol. The third-order valence-corrected chi connectivity index (χ3v) is 7.55. The first kappa shape index (κ1) is 30.2. The number of pyridine rings is 1. The van der Waals surface area contributed by atoms with Gasteiger partial charge in [-0.2, -0.15) is 8.42 Å². The molecular formula is C30H28ClN5O5S. The molecule has 4 aromatic rings. The number of hydrogen-bond acceptors (Lipinski definition) is 6. The summed E-state index contributed by atoms with van der Waals surface area (Å²) >= 11 is 5.87. The predicted octanol–water partition coefficient (Wildman–Crippen LogP) is 5.25. The number of carbonyl (C=O) groups excluding carboxylic acids is 2. The second kappa shape index (κ2) is 12.8. The molecule has 0 atom stereocenters. The van der Waals surface area contributed by atoms with Gasteiger partial charge in [0.15, 0.2) is 0 Å². The average Bonchev–Trinajstić information content (AvgIpc) is 2.97. The molecule has 0 unspecified atom stereocenters. The van der Waals surface area contributed by atoms with E-state index in [0.29, 0.717) is 16.3 Å². The maximum atomic E-state index is 13.2. The monoisotopic (exact) mass is 605 g/mol. The van der Waals surface area contributed by atoms with Crippen LogP contribution in [0.5, 0.6) is 5.75 Å². The Morgan fingerprint density at radius 3 is 2.14 bits per heavy atom. The summed E-state index contributed by atoms with van der Waals surface area (Å²) in [6.45, 7) is 1.87. The first-order chi connectivity index (χ1) is 20.0. The number of methoxy groups -OCH3 is 1. The number of aryl methyl sites for hydroxylation is 1. The Morgan fingerprint density at radius 1 is 0.881 bits per heavy atom. The number of anilines is 2. The highest BCUT2D eigenvalue weighted by molar-refractivity contribution is 7.90. The number of halogens is 1. The van der Waals surface area contributed by atoms with E-state index in [4.69, 9.17) is 16.3 Å². The Bertz CT molecular complexity index is 1740. The van der Waals surface area contributed by atoms with Crippen molar-refractivity contribution >= 4 is 50.8 Å². The zero-order valence-electron chi connectivity index (χ0n) is 23.3. The number of rotatable bonds is 8. The van der Waals surface area contributed by atoms with Crippen molar-refractivity contribution in [2.24, 2.45) is 4.40 Å². The molecule has 0 aliphatic rings. The normalized spacial score (nSPS) is 11.5. The van der Waals surface area contributed by atoms with Crippen LogP contribution in [0.25, 0.3) is 0 Å². The minimum atomic E-state index is -3.97.